The van der Waals surface area contributed by atoms with Crippen LogP contribution in [0.4, 0.5) is 11.6 Å². The average molecular weight is 396 g/mol. The maximum absolute atomic E-state index is 13.7. The highest BCUT2D eigenvalue weighted by Crippen LogP contribution is 2.41. The van der Waals surface area contributed by atoms with E-state index in [1.807, 2.05) is 22.7 Å². The first-order chi connectivity index (χ1) is 14.1. The molecular formula is C22H29N5O2. The maximum Gasteiger partial charge on any atom is 0.229 e. The van der Waals surface area contributed by atoms with Crippen molar-refractivity contribution in [2.24, 2.45) is 12.5 Å². The first-order valence-corrected chi connectivity index (χ1v) is 10.8. The summed E-state index contributed by atoms with van der Waals surface area (Å²) in [6.45, 7) is 2.63. The minimum absolute atomic E-state index is 0.267. The maximum atomic E-state index is 13.7. The molecule has 0 atom stereocenters. The molecule has 0 radical (unpaired) electrons. The minimum Gasteiger partial charge on any atom is -0.381 e. The van der Waals surface area contributed by atoms with Crippen molar-refractivity contribution >= 4 is 17.5 Å². The Bertz CT molecular complexity index is 916. The third kappa shape index (κ3) is 3.41. The molecule has 3 aliphatic rings. The predicted molar refractivity (Wildman–Crippen MR) is 110 cm³/mol. The number of aryl methyl sites for hydroxylation is 2. The van der Waals surface area contributed by atoms with E-state index in [1.165, 1.54) is 0 Å². The smallest absolute Gasteiger partial charge is 0.229 e. The third-order valence-corrected chi connectivity index (χ3v) is 6.80. The number of carbonyl (C=O) groups excluding carboxylic acids is 1. The number of aromatic nitrogens is 3. The van der Waals surface area contributed by atoms with E-state index in [-0.39, 0.29) is 5.41 Å². The molecule has 5 rings (SSSR count). The van der Waals surface area contributed by atoms with Crippen LogP contribution in [-0.2, 0) is 36.1 Å². The highest BCUT2D eigenvalue weighted by atomic mass is 16.5. The van der Waals surface area contributed by atoms with Crippen molar-refractivity contribution in [3.05, 3.63) is 35.2 Å². The van der Waals surface area contributed by atoms with Crippen molar-refractivity contribution in [3.63, 3.8) is 0 Å². The average Bonchev–Trinajstić information content (AvgIpc) is 3.29. The van der Waals surface area contributed by atoms with Gasteiger partial charge in [-0.05, 0) is 44.2 Å². The van der Waals surface area contributed by atoms with Gasteiger partial charge in [0.25, 0.3) is 0 Å². The monoisotopic (exact) mass is 395 g/mol. The molecule has 1 fully saturated rings. The first kappa shape index (κ1) is 18.6. The molecule has 0 aliphatic carbocycles. The van der Waals surface area contributed by atoms with E-state index in [0.717, 1.165) is 73.5 Å². The number of nitrogens with zero attached hydrogens (tertiary/aromatic N) is 4. The molecule has 3 aliphatic heterocycles. The lowest BCUT2D eigenvalue weighted by Crippen LogP contribution is -2.45. The summed E-state index contributed by atoms with van der Waals surface area (Å²) in [5.41, 5.74) is 3.07. The molecule has 2 aromatic rings. The topological polar surface area (TPSA) is 72.3 Å². The van der Waals surface area contributed by atoms with Crippen LogP contribution >= 0.6 is 0 Å². The van der Waals surface area contributed by atoms with Crippen LogP contribution in [0.15, 0.2) is 18.2 Å². The molecule has 4 bridgehead atoms. The number of pyridine rings is 1. The third-order valence-electron chi connectivity index (χ3n) is 6.80. The van der Waals surface area contributed by atoms with Gasteiger partial charge in [-0.3, -0.25) is 9.48 Å². The number of hydrogen-bond acceptors (Lipinski definition) is 5. The quantitative estimate of drug-likeness (QED) is 0.741. The van der Waals surface area contributed by atoms with Gasteiger partial charge in [0, 0.05) is 31.5 Å². The van der Waals surface area contributed by atoms with Gasteiger partial charge in [-0.2, -0.15) is 5.10 Å². The Morgan fingerprint density at radius 2 is 1.97 bits per heavy atom. The summed E-state index contributed by atoms with van der Waals surface area (Å²) in [5, 5.41) is 8.07. The molecule has 7 heteroatoms. The Labute approximate surface area is 171 Å². The predicted octanol–water partition coefficient (Wildman–Crippen LogP) is 3.31. The van der Waals surface area contributed by atoms with E-state index in [1.54, 1.807) is 0 Å². The first-order valence-electron chi connectivity index (χ1n) is 10.8. The molecule has 1 spiro atoms. The Morgan fingerprint density at radius 1 is 1.10 bits per heavy atom. The number of amides is 1. The summed E-state index contributed by atoms with van der Waals surface area (Å²) in [5.74, 6) is 1.94. The fourth-order valence-electron chi connectivity index (χ4n) is 5.06. The van der Waals surface area contributed by atoms with Crippen LogP contribution in [0.1, 0.15) is 55.5 Å². The Balaban J connectivity index is 1.50. The number of hydrogen-bond donors (Lipinski definition) is 1. The van der Waals surface area contributed by atoms with E-state index in [2.05, 4.69) is 22.5 Å². The normalized spacial score (nSPS) is 21.6. The number of anilines is 2. The molecule has 2 aromatic heterocycles. The number of rotatable bonds is 0. The molecular weight excluding hydrogens is 366 g/mol. The zero-order chi connectivity index (χ0) is 19.8. The molecule has 154 valence electrons. The molecule has 5 heterocycles. The van der Waals surface area contributed by atoms with Gasteiger partial charge in [-0.1, -0.05) is 18.9 Å². The van der Waals surface area contributed by atoms with Crippen LogP contribution in [0.3, 0.4) is 0 Å². The lowest BCUT2D eigenvalue weighted by atomic mass is 9.74. The van der Waals surface area contributed by atoms with Gasteiger partial charge in [-0.15, -0.1) is 0 Å². The zero-order valence-electron chi connectivity index (χ0n) is 17.1. The van der Waals surface area contributed by atoms with Gasteiger partial charge in [0.1, 0.15) is 5.82 Å². The van der Waals surface area contributed by atoms with Crippen molar-refractivity contribution in [2.45, 2.75) is 58.0 Å². The Morgan fingerprint density at radius 3 is 2.83 bits per heavy atom. The zero-order valence-corrected chi connectivity index (χ0v) is 17.1. The van der Waals surface area contributed by atoms with E-state index in [9.17, 15) is 4.79 Å². The lowest BCUT2D eigenvalue weighted by Gasteiger charge is -2.38. The fourth-order valence-corrected chi connectivity index (χ4v) is 5.06. The van der Waals surface area contributed by atoms with Crippen LogP contribution in [0.25, 0.3) is 0 Å². The van der Waals surface area contributed by atoms with Gasteiger partial charge in [0.2, 0.25) is 5.91 Å². The van der Waals surface area contributed by atoms with Crippen LogP contribution in [0.2, 0.25) is 0 Å². The summed E-state index contributed by atoms with van der Waals surface area (Å²) in [7, 11) is 1.96. The summed E-state index contributed by atoms with van der Waals surface area (Å²) in [6, 6.07) is 6.13. The van der Waals surface area contributed by atoms with Crippen molar-refractivity contribution in [1.82, 2.24) is 19.7 Å². The van der Waals surface area contributed by atoms with Crippen molar-refractivity contribution < 1.29 is 9.53 Å². The van der Waals surface area contributed by atoms with E-state index >= 15 is 0 Å². The summed E-state index contributed by atoms with van der Waals surface area (Å²) >= 11 is 0. The van der Waals surface area contributed by atoms with Crippen LogP contribution in [0, 0.1) is 5.41 Å². The summed E-state index contributed by atoms with van der Waals surface area (Å²) in [6.07, 6.45) is 6.90. The minimum atomic E-state index is -0.267. The van der Waals surface area contributed by atoms with E-state index in [0.29, 0.717) is 32.2 Å². The number of carbonyl (C=O) groups is 1. The molecule has 1 saturated heterocycles. The lowest BCUT2D eigenvalue weighted by molar-refractivity contribution is -0.149. The molecule has 7 nitrogen and oxygen atoms in total. The van der Waals surface area contributed by atoms with Gasteiger partial charge in [0.05, 0.1) is 24.2 Å². The molecule has 29 heavy (non-hydrogen) atoms. The van der Waals surface area contributed by atoms with Gasteiger partial charge in [-0.25, -0.2) is 4.98 Å². The molecule has 0 unspecified atom stereocenters. The highest BCUT2D eigenvalue weighted by Gasteiger charge is 2.44. The second kappa shape index (κ2) is 7.44. The van der Waals surface area contributed by atoms with Gasteiger partial charge >= 0.3 is 0 Å². The number of ether oxygens (including phenoxy) is 1. The van der Waals surface area contributed by atoms with Crippen molar-refractivity contribution in [1.29, 1.82) is 0 Å². The van der Waals surface area contributed by atoms with Crippen LogP contribution in [-0.4, -0.2) is 38.8 Å². The van der Waals surface area contributed by atoms with Crippen molar-refractivity contribution in [3.8, 4) is 0 Å². The fraction of sp³-hybridized carbons (Fsp3) is 0.591. The highest BCUT2D eigenvalue weighted by molar-refractivity contribution is 5.84. The second-order valence-electron chi connectivity index (χ2n) is 8.65. The largest absolute Gasteiger partial charge is 0.381 e. The Hall–Kier alpha value is -2.41. The van der Waals surface area contributed by atoms with Crippen LogP contribution < -0.4 is 5.32 Å². The molecule has 0 aromatic carbocycles. The second-order valence-corrected chi connectivity index (χ2v) is 8.65. The van der Waals surface area contributed by atoms with E-state index in [4.69, 9.17) is 9.72 Å². The summed E-state index contributed by atoms with van der Waals surface area (Å²) in [4.78, 5) is 20.5. The number of fused-ring (bicyclic) bond motifs is 3. The Kier molecular flexibility index (Phi) is 4.78. The molecule has 1 N–H and O–H groups in total. The SMILES string of the molecule is Cn1nc2c3c1CN(C3)C(=O)C1(CCCCCc3cccc(n3)N2)CCOCC1. The van der Waals surface area contributed by atoms with Gasteiger partial charge in [0.15, 0.2) is 5.82 Å². The van der Waals surface area contributed by atoms with Crippen LogP contribution in [0.5, 0.6) is 0 Å². The van der Waals surface area contributed by atoms with Crippen molar-refractivity contribution in [2.75, 3.05) is 18.5 Å². The summed E-state index contributed by atoms with van der Waals surface area (Å²) < 4.78 is 7.52. The molecule has 0 saturated carbocycles. The standard InChI is InChI=1S/C22H29N5O2/c1-26-18-15-27-14-17(18)20(25-26)24-19-8-5-7-16(23-19)6-3-2-4-9-22(21(27)28)10-12-29-13-11-22/h5,7-8H,2-4,6,9-15H2,1H3,(H,23,24,25). The van der Waals surface area contributed by atoms with Gasteiger partial charge < -0.3 is 15.0 Å². The van der Waals surface area contributed by atoms with E-state index < -0.39 is 0 Å². The number of nitrogens with one attached hydrogen (secondary N) is 1. The molecule has 1 amide bonds.